The summed E-state index contributed by atoms with van der Waals surface area (Å²) >= 11 is 13.1. The first-order valence-electron chi connectivity index (χ1n) is 11.6. The first-order chi connectivity index (χ1) is 16.1. The zero-order valence-corrected chi connectivity index (χ0v) is 19.8. The summed E-state index contributed by atoms with van der Waals surface area (Å²) in [4.78, 5) is 2.30. The number of piperazine rings is 1. The Labute approximate surface area is 202 Å². The van der Waals surface area contributed by atoms with Gasteiger partial charge in [-0.15, -0.1) is 0 Å². The fraction of sp³-hybridized carbons (Fsp3) is 0.409. The summed E-state index contributed by atoms with van der Waals surface area (Å²) in [7, 11) is -4.20. The number of rotatable bonds is 5. The van der Waals surface area contributed by atoms with Gasteiger partial charge in [0.05, 0.1) is 20.6 Å². The van der Waals surface area contributed by atoms with Crippen molar-refractivity contribution in [3.8, 4) is 6.07 Å². The maximum Gasteiger partial charge on any atom is 0.244 e. The van der Waals surface area contributed by atoms with Crippen LogP contribution in [0.15, 0.2) is 51.0 Å². The van der Waals surface area contributed by atoms with Crippen LogP contribution in [0.1, 0.15) is 35.4 Å². The molecule has 0 unspecified atom stereocenters. The highest BCUT2D eigenvalue weighted by Gasteiger charge is 2.33. The van der Waals surface area contributed by atoms with Crippen LogP contribution in [0, 0.1) is 11.3 Å². The molecule has 164 valence electrons. The zero-order chi connectivity index (χ0) is 24.6. The largest absolute Gasteiger partial charge is 0.298 e. The molecule has 31 heavy (non-hydrogen) atoms. The second-order valence-corrected chi connectivity index (χ2v) is 11.4. The number of hydrogen-bond acceptors (Lipinski definition) is 5. The molecule has 2 aromatic carbocycles. The Morgan fingerprint density at radius 3 is 2.32 bits per heavy atom. The van der Waals surface area contributed by atoms with E-state index in [2.05, 4.69) is 4.90 Å². The van der Waals surface area contributed by atoms with E-state index in [0.29, 0.717) is 34.1 Å². The molecule has 5 nitrogen and oxygen atoms in total. The Morgan fingerprint density at radius 2 is 1.71 bits per heavy atom. The van der Waals surface area contributed by atoms with Crippen molar-refractivity contribution < 1.29 is 12.5 Å². The molecule has 2 aromatic rings. The summed E-state index contributed by atoms with van der Waals surface area (Å²) in [5, 5.41) is 10.2. The van der Waals surface area contributed by atoms with Crippen LogP contribution in [0.25, 0.3) is 0 Å². The molecule has 1 aliphatic heterocycles. The van der Waals surface area contributed by atoms with Crippen molar-refractivity contribution in [2.24, 2.45) is 0 Å². The van der Waals surface area contributed by atoms with E-state index in [0.717, 1.165) is 24.6 Å². The number of halogens is 2. The van der Waals surface area contributed by atoms with Crippen molar-refractivity contribution in [3.05, 3.63) is 51.9 Å². The maximum absolute atomic E-state index is 13.8. The van der Waals surface area contributed by atoms with Crippen LogP contribution in [-0.2, 0) is 10.0 Å². The number of nitrogens with zero attached hydrogens (tertiary/aromatic N) is 3. The molecule has 9 heteroatoms. The van der Waals surface area contributed by atoms with Gasteiger partial charge in [0.2, 0.25) is 10.0 Å². The quantitative estimate of drug-likeness (QED) is 0.561. The minimum Gasteiger partial charge on any atom is -0.298 e. The van der Waals surface area contributed by atoms with Crippen molar-refractivity contribution in [3.63, 3.8) is 0 Å². The van der Waals surface area contributed by atoms with Crippen LogP contribution in [0.2, 0.25) is 10.0 Å². The van der Waals surface area contributed by atoms with E-state index in [4.69, 9.17) is 27.3 Å². The lowest BCUT2D eigenvalue weighted by atomic mass is 10.2. The van der Waals surface area contributed by atoms with E-state index in [1.807, 2.05) is 0 Å². The predicted octanol–water partition coefficient (Wildman–Crippen LogP) is 5.27. The second kappa shape index (κ2) is 9.70. The minimum atomic E-state index is -4.20. The Bertz CT molecular complexity index is 1240. The molecule has 2 fully saturated rings. The van der Waals surface area contributed by atoms with Gasteiger partial charge < -0.3 is 0 Å². The summed E-state index contributed by atoms with van der Waals surface area (Å²) < 4.78 is 54.1. The van der Waals surface area contributed by atoms with Crippen LogP contribution < -0.4 is 0 Å². The summed E-state index contributed by atoms with van der Waals surface area (Å²) in [5.41, 5.74) is -0.429. The third kappa shape index (κ3) is 5.22. The predicted molar refractivity (Wildman–Crippen MR) is 124 cm³/mol. The zero-order valence-electron chi connectivity index (χ0n) is 19.7. The molecule has 1 heterocycles. The normalized spacial score (nSPS) is 20.2. The summed E-state index contributed by atoms with van der Waals surface area (Å²) in [6, 6.07) is 5.44. The molecule has 1 saturated heterocycles. The Morgan fingerprint density at radius 1 is 1.06 bits per heavy atom. The second-order valence-electron chi connectivity index (χ2n) is 7.61. The molecule has 0 amide bonds. The Kier molecular flexibility index (Phi) is 6.01. The molecule has 1 saturated carbocycles. The summed E-state index contributed by atoms with van der Waals surface area (Å²) in [6.07, 6.45) is 4.65. The van der Waals surface area contributed by atoms with Crippen LogP contribution in [0.3, 0.4) is 0 Å². The molecule has 2 aliphatic rings. The highest BCUT2D eigenvalue weighted by molar-refractivity contribution is 8.00. The van der Waals surface area contributed by atoms with Crippen LogP contribution in [0.4, 0.5) is 0 Å². The highest BCUT2D eigenvalue weighted by atomic mass is 35.5. The van der Waals surface area contributed by atoms with Crippen LogP contribution >= 0.6 is 35.0 Å². The topological polar surface area (TPSA) is 64.4 Å². The molecule has 4 rings (SSSR count). The van der Waals surface area contributed by atoms with Gasteiger partial charge in [-0.05, 0) is 49.2 Å². The van der Waals surface area contributed by atoms with Crippen molar-refractivity contribution in [1.82, 2.24) is 9.21 Å². The molecule has 0 N–H and O–H groups in total. The first kappa shape index (κ1) is 19.2. The molecular formula is C22H23Cl2N3O2S2. The van der Waals surface area contributed by atoms with E-state index in [1.54, 1.807) is 18.2 Å². The van der Waals surface area contributed by atoms with Crippen molar-refractivity contribution in [2.45, 2.75) is 46.4 Å². The molecule has 0 atom stereocenters. The van der Waals surface area contributed by atoms with Gasteiger partial charge in [-0.2, -0.15) is 9.57 Å². The third-order valence-electron chi connectivity index (χ3n) is 5.63. The molecule has 0 bridgehead atoms. The average Bonchev–Trinajstić information content (AvgIpc) is 3.32. The fourth-order valence-electron chi connectivity index (χ4n) is 4.10. The number of nitriles is 1. The van der Waals surface area contributed by atoms with Gasteiger partial charge in [0.1, 0.15) is 0 Å². The lowest BCUT2D eigenvalue weighted by Crippen LogP contribution is -2.51. The lowest BCUT2D eigenvalue weighted by molar-refractivity contribution is 0.139. The average molecular weight is 500 g/mol. The molecule has 0 aromatic heterocycles. The Hall–Kier alpha value is -1.27. The van der Waals surface area contributed by atoms with Gasteiger partial charge in [0.15, 0.2) is 0 Å². The van der Waals surface area contributed by atoms with Gasteiger partial charge >= 0.3 is 0 Å². The molecule has 0 spiro atoms. The van der Waals surface area contributed by atoms with E-state index in [9.17, 15) is 13.7 Å². The van der Waals surface area contributed by atoms with Gasteiger partial charge in [-0.25, -0.2) is 8.42 Å². The standard InChI is InChI=1S/C22H23Cl2N3O2S2/c23-17-12-18(24)14-20(13-17)30-21-6-5-16(15-25)11-22(21)31(28,29)27-9-7-26(8-10-27)19-3-1-2-4-19/h5-6,11-14,19H,1-4,7-10H2/i5D,6D,11D. The first-order valence-corrected chi connectivity index (χ1v) is 13.1. The van der Waals surface area contributed by atoms with E-state index in [-0.39, 0.29) is 18.0 Å². The monoisotopic (exact) mass is 498 g/mol. The Balaban J connectivity index is 1.75. The minimum absolute atomic E-state index is 0.0782. The lowest BCUT2D eigenvalue weighted by Gasteiger charge is -2.37. The number of benzene rings is 2. The summed E-state index contributed by atoms with van der Waals surface area (Å²) in [6.45, 7) is 1.73. The van der Waals surface area contributed by atoms with Gasteiger partial charge in [-0.1, -0.05) is 47.8 Å². The van der Waals surface area contributed by atoms with E-state index >= 15 is 0 Å². The molecule has 1 aliphatic carbocycles. The number of sulfonamides is 1. The number of hydrogen-bond donors (Lipinski definition) is 0. The van der Waals surface area contributed by atoms with Gasteiger partial charge in [0.25, 0.3) is 0 Å². The van der Waals surface area contributed by atoms with Crippen LogP contribution in [-0.4, -0.2) is 49.8 Å². The van der Waals surface area contributed by atoms with Crippen molar-refractivity contribution >= 4 is 45.0 Å². The smallest absolute Gasteiger partial charge is 0.244 e. The van der Waals surface area contributed by atoms with Crippen molar-refractivity contribution in [1.29, 1.82) is 5.26 Å². The maximum atomic E-state index is 13.8. The van der Waals surface area contributed by atoms with Gasteiger partial charge in [0, 0.05) is 52.1 Å². The molecule has 0 radical (unpaired) electrons. The van der Waals surface area contributed by atoms with E-state index < -0.39 is 38.6 Å². The summed E-state index contributed by atoms with van der Waals surface area (Å²) in [5.74, 6) is 0. The highest BCUT2D eigenvalue weighted by Crippen LogP contribution is 2.37. The van der Waals surface area contributed by atoms with E-state index in [1.165, 1.54) is 23.2 Å². The molecular weight excluding hydrogens is 473 g/mol. The third-order valence-corrected chi connectivity index (χ3v) is 9.04. The van der Waals surface area contributed by atoms with Gasteiger partial charge in [-0.3, -0.25) is 4.90 Å². The van der Waals surface area contributed by atoms with Crippen LogP contribution in [0.5, 0.6) is 0 Å². The fourth-order valence-corrected chi connectivity index (χ4v) is 7.47. The van der Waals surface area contributed by atoms with Crippen molar-refractivity contribution in [2.75, 3.05) is 26.2 Å². The SMILES string of the molecule is [2H]c1c([2H])c(Sc2cc(Cl)cc(Cl)c2)c(S(=O)(=O)N2CCN(C3CCCC3)CC2)c([2H])c1C#N.